The molecule has 1 unspecified atom stereocenters. The first-order chi connectivity index (χ1) is 12.8. The van der Waals surface area contributed by atoms with Crippen LogP contribution in [0.25, 0.3) is 0 Å². The maximum absolute atomic E-state index is 12.7. The molecule has 0 aromatic carbocycles. The molecule has 5 N–H and O–H groups in total. The number of ether oxygens (including phenoxy) is 2. The van der Waals surface area contributed by atoms with Crippen LogP contribution in [0.15, 0.2) is 0 Å². The van der Waals surface area contributed by atoms with Gasteiger partial charge in [-0.3, -0.25) is 9.69 Å². The molecule has 8 atom stereocenters. The summed E-state index contributed by atoms with van der Waals surface area (Å²) in [5, 5.41) is 42.8. The quantitative estimate of drug-likeness (QED) is 0.313. The number of likely N-dealkylation sites (tertiary alicyclic amines) is 1. The van der Waals surface area contributed by atoms with E-state index in [9.17, 15) is 20.1 Å². The fourth-order valence-corrected chi connectivity index (χ4v) is 4.49. The molecule has 0 radical (unpaired) electrons. The molecule has 0 aliphatic carbocycles. The topological polar surface area (TPSA) is 132 Å². The second-order valence-electron chi connectivity index (χ2n) is 7.15. The largest absolute Gasteiger partial charge is 0.396 e. The number of likely N-dealkylation sites (N-methyl/N-ethyl adjacent to an activating group) is 1. The molecule has 158 valence electrons. The molecule has 0 aromatic rings. The molecule has 2 heterocycles. The molecule has 2 aliphatic rings. The summed E-state index contributed by atoms with van der Waals surface area (Å²) >= 11 is 1.14. The van der Waals surface area contributed by atoms with Gasteiger partial charge in [0.15, 0.2) is 0 Å². The van der Waals surface area contributed by atoms with Crippen molar-refractivity contribution in [2.75, 3.05) is 33.1 Å². The first-order valence-electron chi connectivity index (χ1n) is 9.27. The van der Waals surface area contributed by atoms with Crippen molar-refractivity contribution >= 4 is 17.7 Å². The van der Waals surface area contributed by atoms with Gasteiger partial charge < -0.3 is 35.2 Å². The van der Waals surface area contributed by atoms with Gasteiger partial charge >= 0.3 is 0 Å². The number of hydrogen-bond donors (Lipinski definition) is 5. The van der Waals surface area contributed by atoms with Crippen LogP contribution in [0.5, 0.6) is 0 Å². The lowest BCUT2D eigenvalue weighted by Crippen LogP contribution is -2.66. The highest BCUT2D eigenvalue weighted by Gasteiger charge is 2.48. The molecule has 0 bridgehead atoms. The van der Waals surface area contributed by atoms with E-state index in [-0.39, 0.29) is 18.6 Å². The Hall–Kier alpha value is -0.460. The van der Waals surface area contributed by atoms with Gasteiger partial charge in [0.2, 0.25) is 5.91 Å². The summed E-state index contributed by atoms with van der Waals surface area (Å²) in [6, 6.07) is -0.974. The van der Waals surface area contributed by atoms with Crippen LogP contribution in [-0.4, -0.2) is 112 Å². The number of nitrogens with one attached hydrogen (secondary N) is 1. The van der Waals surface area contributed by atoms with Gasteiger partial charge in [0.25, 0.3) is 0 Å². The molecule has 27 heavy (non-hydrogen) atoms. The van der Waals surface area contributed by atoms with E-state index >= 15 is 0 Å². The molecule has 2 rings (SSSR count). The van der Waals surface area contributed by atoms with E-state index in [1.54, 1.807) is 6.92 Å². The molecule has 0 saturated carbocycles. The Labute approximate surface area is 164 Å². The number of thioether (sulfide) groups is 1. The number of methoxy groups -OCH3 is 1. The zero-order chi connectivity index (χ0) is 20.1. The van der Waals surface area contributed by atoms with Crippen molar-refractivity contribution in [1.82, 2.24) is 10.2 Å². The van der Waals surface area contributed by atoms with E-state index in [1.165, 1.54) is 7.11 Å². The van der Waals surface area contributed by atoms with Crippen LogP contribution in [0.4, 0.5) is 0 Å². The third-order valence-electron chi connectivity index (χ3n) is 5.34. The van der Waals surface area contributed by atoms with Crippen molar-refractivity contribution in [1.29, 1.82) is 0 Å². The average Bonchev–Trinajstić information content (AvgIpc) is 3.09. The first-order valence-corrected chi connectivity index (χ1v) is 10.3. The predicted octanol–water partition coefficient (Wildman–Crippen LogP) is -1.87. The van der Waals surface area contributed by atoms with Gasteiger partial charge in [-0.1, -0.05) is 0 Å². The van der Waals surface area contributed by atoms with Crippen molar-refractivity contribution < 1.29 is 34.7 Å². The maximum Gasteiger partial charge on any atom is 0.237 e. The third kappa shape index (κ3) is 5.33. The van der Waals surface area contributed by atoms with E-state index in [1.807, 2.05) is 11.9 Å². The average molecular weight is 409 g/mol. The van der Waals surface area contributed by atoms with Crippen molar-refractivity contribution in [3.05, 3.63) is 0 Å². The Kier molecular flexibility index (Phi) is 8.75. The van der Waals surface area contributed by atoms with E-state index in [0.29, 0.717) is 5.75 Å². The number of amides is 1. The predicted molar refractivity (Wildman–Crippen MR) is 100 cm³/mol. The van der Waals surface area contributed by atoms with Gasteiger partial charge in [0, 0.05) is 12.9 Å². The van der Waals surface area contributed by atoms with Crippen LogP contribution in [0.3, 0.4) is 0 Å². The van der Waals surface area contributed by atoms with Gasteiger partial charge in [0.05, 0.1) is 24.8 Å². The van der Waals surface area contributed by atoms with Crippen molar-refractivity contribution in [2.45, 2.75) is 67.8 Å². The summed E-state index contributed by atoms with van der Waals surface area (Å²) in [5.41, 5.74) is -0.835. The summed E-state index contributed by atoms with van der Waals surface area (Å²) in [6.07, 6.45) is -3.90. The number of carbonyl (C=O) groups is 1. The number of carbonyl (C=O) groups excluding carboxylic acids is 1. The number of hydrogen-bond acceptors (Lipinski definition) is 9. The smallest absolute Gasteiger partial charge is 0.237 e. The lowest BCUT2D eigenvalue weighted by Gasteiger charge is -2.44. The van der Waals surface area contributed by atoms with Gasteiger partial charge in [-0.15, -0.1) is 11.8 Å². The van der Waals surface area contributed by atoms with Gasteiger partial charge in [-0.2, -0.15) is 0 Å². The third-order valence-corrected chi connectivity index (χ3v) is 6.48. The van der Waals surface area contributed by atoms with Gasteiger partial charge in [0.1, 0.15) is 29.9 Å². The highest BCUT2D eigenvalue weighted by atomic mass is 32.2. The second kappa shape index (κ2) is 10.4. The minimum atomic E-state index is -1.43. The fourth-order valence-electron chi connectivity index (χ4n) is 3.59. The number of aliphatic hydroxyl groups excluding tert-OH is 4. The standard InChI is InChI=1S/C17H32N2O7S/c1-9(25-3)11(18-16(24)10-5-4-6-19(10)2)15-13(22)12(21)14(23)17(26-15)27-8-7-20/h9-15,17,20-23H,4-8H2,1-3H3,(H,18,24)/t9-,10+,11-,12+,13+,14-,15+,17?/m1/s1. The Morgan fingerprint density at radius 2 is 2.04 bits per heavy atom. The molecular formula is C17H32N2O7S. The Bertz CT molecular complexity index is 486. The molecular weight excluding hydrogens is 376 g/mol. The summed E-state index contributed by atoms with van der Waals surface area (Å²) in [7, 11) is 3.38. The second-order valence-corrected chi connectivity index (χ2v) is 8.36. The molecule has 10 heteroatoms. The maximum atomic E-state index is 12.7. The monoisotopic (exact) mass is 408 g/mol. The molecule has 1 amide bonds. The van der Waals surface area contributed by atoms with Crippen LogP contribution in [0, 0.1) is 0 Å². The Morgan fingerprint density at radius 3 is 2.59 bits per heavy atom. The first kappa shape index (κ1) is 22.8. The normalized spacial score (nSPS) is 37.1. The van der Waals surface area contributed by atoms with E-state index < -0.39 is 42.0 Å². The van der Waals surface area contributed by atoms with Crippen LogP contribution >= 0.6 is 11.8 Å². The highest BCUT2D eigenvalue weighted by molar-refractivity contribution is 7.99. The highest BCUT2D eigenvalue weighted by Crippen LogP contribution is 2.31. The SMILES string of the molecule is CO[C@H](C)[C@@H](NC(=O)[C@@H]1CCCN1C)[C@@H]1OC(SCCO)[C@H](O)[C@@H](O)[C@@H]1O. The lowest BCUT2D eigenvalue weighted by molar-refractivity contribution is -0.212. The summed E-state index contributed by atoms with van der Waals surface area (Å²) in [6.45, 7) is 2.48. The summed E-state index contributed by atoms with van der Waals surface area (Å²) in [4.78, 5) is 14.7. The fraction of sp³-hybridized carbons (Fsp3) is 0.941. The van der Waals surface area contributed by atoms with E-state index in [2.05, 4.69) is 5.32 Å². The van der Waals surface area contributed by atoms with Gasteiger partial charge in [-0.25, -0.2) is 0 Å². The Morgan fingerprint density at radius 1 is 1.33 bits per heavy atom. The van der Waals surface area contributed by atoms with Crippen LogP contribution in [0.2, 0.25) is 0 Å². The minimum absolute atomic E-state index is 0.108. The number of aliphatic hydroxyl groups is 4. The zero-order valence-corrected chi connectivity index (χ0v) is 16.8. The summed E-state index contributed by atoms with van der Waals surface area (Å²) < 4.78 is 11.2. The van der Waals surface area contributed by atoms with Gasteiger partial charge in [-0.05, 0) is 33.4 Å². The molecule has 2 fully saturated rings. The molecule has 9 nitrogen and oxygen atoms in total. The van der Waals surface area contributed by atoms with Crippen molar-refractivity contribution in [2.24, 2.45) is 0 Å². The zero-order valence-electron chi connectivity index (χ0n) is 16.0. The molecule has 0 aromatic heterocycles. The van der Waals surface area contributed by atoms with E-state index in [0.717, 1.165) is 31.1 Å². The van der Waals surface area contributed by atoms with E-state index in [4.69, 9.17) is 14.6 Å². The lowest BCUT2D eigenvalue weighted by atomic mass is 9.92. The molecule has 0 spiro atoms. The van der Waals surface area contributed by atoms with Crippen LogP contribution in [-0.2, 0) is 14.3 Å². The van der Waals surface area contributed by atoms with Crippen LogP contribution in [0.1, 0.15) is 19.8 Å². The molecule has 2 saturated heterocycles. The van der Waals surface area contributed by atoms with Crippen molar-refractivity contribution in [3.8, 4) is 0 Å². The molecule has 2 aliphatic heterocycles. The minimum Gasteiger partial charge on any atom is -0.396 e. The number of rotatable bonds is 8. The van der Waals surface area contributed by atoms with Crippen molar-refractivity contribution in [3.63, 3.8) is 0 Å². The Balaban J connectivity index is 2.16. The van der Waals surface area contributed by atoms with Crippen LogP contribution < -0.4 is 5.32 Å². The number of nitrogens with zero attached hydrogens (tertiary/aromatic N) is 1. The summed E-state index contributed by atoms with van der Waals surface area (Å²) in [5.74, 6) is 0.126.